The number of nitrogen functional groups attached to an aromatic ring is 1. The Bertz CT molecular complexity index is 596. The largest absolute Gasteiger partial charge is 0.398 e. The maximum absolute atomic E-state index is 12.4. The van der Waals surface area contributed by atoms with Crippen molar-refractivity contribution in [1.82, 2.24) is 4.72 Å². The second kappa shape index (κ2) is 6.73. The van der Waals surface area contributed by atoms with Crippen LogP contribution in [0.2, 0.25) is 10.0 Å². The highest BCUT2D eigenvalue weighted by Crippen LogP contribution is 2.32. The molecule has 2 rings (SSSR count). The van der Waals surface area contributed by atoms with Gasteiger partial charge in [0, 0.05) is 11.6 Å². The first-order valence-electron chi connectivity index (χ1n) is 7.05. The maximum Gasteiger partial charge on any atom is 0.244 e. The van der Waals surface area contributed by atoms with Gasteiger partial charge in [0.25, 0.3) is 0 Å². The second-order valence-corrected chi connectivity index (χ2v) is 8.23. The number of halogens is 2. The molecule has 2 atom stereocenters. The summed E-state index contributed by atoms with van der Waals surface area (Å²) in [7, 11) is -3.73. The van der Waals surface area contributed by atoms with Crippen molar-refractivity contribution in [2.24, 2.45) is 11.8 Å². The Hall–Kier alpha value is -0.490. The van der Waals surface area contributed by atoms with Gasteiger partial charge in [-0.2, -0.15) is 0 Å². The number of sulfonamides is 1. The Morgan fingerprint density at radius 2 is 1.95 bits per heavy atom. The molecule has 21 heavy (non-hydrogen) atoms. The van der Waals surface area contributed by atoms with Crippen molar-refractivity contribution in [1.29, 1.82) is 0 Å². The number of hydrogen-bond acceptors (Lipinski definition) is 3. The molecule has 0 saturated heterocycles. The highest BCUT2D eigenvalue weighted by Gasteiger charge is 2.26. The molecule has 0 bridgehead atoms. The van der Waals surface area contributed by atoms with Crippen LogP contribution in [0.1, 0.15) is 32.6 Å². The molecule has 0 aliphatic heterocycles. The highest BCUT2D eigenvalue weighted by atomic mass is 35.5. The van der Waals surface area contributed by atoms with Gasteiger partial charge in [-0.15, -0.1) is 0 Å². The first kappa shape index (κ1) is 16.9. The monoisotopic (exact) mass is 350 g/mol. The first-order valence-corrected chi connectivity index (χ1v) is 9.29. The van der Waals surface area contributed by atoms with E-state index in [0.29, 0.717) is 23.4 Å². The van der Waals surface area contributed by atoms with Gasteiger partial charge in [0.15, 0.2) is 0 Å². The number of benzene rings is 1. The van der Waals surface area contributed by atoms with E-state index in [1.165, 1.54) is 18.6 Å². The van der Waals surface area contributed by atoms with Crippen LogP contribution in [0.4, 0.5) is 5.69 Å². The zero-order chi connectivity index (χ0) is 15.6. The number of hydrogen-bond donors (Lipinski definition) is 2. The summed E-state index contributed by atoms with van der Waals surface area (Å²) in [4.78, 5) is -0.0861. The molecule has 1 fully saturated rings. The van der Waals surface area contributed by atoms with Gasteiger partial charge in [-0.1, -0.05) is 49.4 Å². The topological polar surface area (TPSA) is 72.2 Å². The lowest BCUT2D eigenvalue weighted by Gasteiger charge is -2.28. The van der Waals surface area contributed by atoms with E-state index < -0.39 is 10.0 Å². The van der Waals surface area contributed by atoms with Crippen molar-refractivity contribution in [3.8, 4) is 0 Å². The van der Waals surface area contributed by atoms with E-state index in [1.54, 1.807) is 0 Å². The van der Waals surface area contributed by atoms with Crippen LogP contribution in [0.25, 0.3) is 0 Å². The zero-order valence-corrected chi connectivity index (χ0v) is 14.2. The van der Waals surface area contributed by atoms with Gasteiger partial charge in [-0.05, 0) is 30.4 Å². The molecule has 0 aromatic heterocycles. The molecule has 0 amide bonds. The Balaban J connectivity index is 2.15. The molecule has 1 aromatic carbocycles. The summed E-state index contributed by atoms with van der Waals surface area (Å²) in [6.07, 6.45) is 4.57. The molecule has 0 heterocycles. The molecular formula is C14H20Cl2N2O2S. The molecular weight excluding hydrogens is 331 g/mol. The lowest BCUT2D eigenvalue weighted by atomic mass is 9.81. The van der Waals surface area contributed by atoms with Gasteiger partial charge in [-0.3, -0.25) is 0 Å². The van der Waals surface area contributed by atoms with Crippen molar-refractivity contribution in [3.05, 3.63) is 22.2 Å². The van der Waals surface area contributed by atoms with E-state index in [-0.39, 0.29) is 15.6 Å². The number of nitrogens with one attached hydrogen (secondary N) is 1. The van der Waals surface area contributed by atoms with Crippen LogP contribution in [0.5, 0.6) is 0 Å². The van der Waals surface area contributed by atoms with Crippen LogP contribution in [0, 0.1) is 11.8 Å². The van der Waals surface area contributed by atoms with Gasteiger partial charge in [0.1, 0.15) is 4.90 Å². The lowest BCUT2D eigenvalue weighted by molar-refractivity contribution is 0.257. The van der Waals surface area contributed by atoms with E-state index in [4.69, 9.17) is 28.9 Å². The van der Waals surface area contributed by atoms with Crippen molar-refractivity contribution in [2.75, 3.05) is 12.3 Å². The maximum atomic E-state index is 12.4. The SMILES string of the molecule is CC1CCCCC1CNS(=O)(=O)c1c(N)cc(Cl)cc1Cl. The van der Waals surface area contributed by atoms with Crippen molar-refractivity contribution >= 4 is 38.9 Å². The highest BCUT2D eigenvalue weighted by molar-refractivity contribution is 7.89. The molecule has 0 spiro atoms. The number of nitrogens with two attached hydrogens (primary N) is 1. The minimum Gasteiger partial charge on any atom is -0.398 e. The Kier molecular flexibility index (Phi) is 5.41. The fraction of sp³-hybridized carbons (Fsp3) is 0.571. The molecule has 0 radical (unpaired) electrons. The first-order chi connectivity index (χ1) is 9.81. The number of rotatable bonds is 4. The molecule has 118 valence electrons. The summed E-state index contributed by atoms with van der Waals surface area (Å²) >= 11 is 11.8. The van der Waals surface area contributed by atoms with E-state index in [9.17, 15) is 8.42 Å². The number of anilines is 1. The van der Waals surface area contributed by atoms with Crippen LogP contribution in [-0.4, -0.2) is 15.0 Å². The quantitative estimate of drug-likeness (QED) is 0.813. The van der Waals surface area contributed by atoms with Gasteiger partial charge in [-0.25, -0.2) is 13.1 Å². The van der Waals surface area contributed by atoms with Crippen LogP contribution >= 0.6 is 23.2 Å². The molecule has 2 unspecified atom stereocenters. The van der Waals surface area contributed by atoms with E-state index in [2.05, 4.69) is 11.6 Å². The summed E-state index contributed by atoms with van der Waals surface area (Å²) in [5.74, 6) is 0.889. The van der Waals surface area contributed by atoms with Gasteiger partial charge < -0.3 is 5.73 Å². The third kappa shape index (κ3) is 4.03. The summed E-state index contributed by atoms with van der Waals surface area (Å²) in [6, 6.07) is 2.78. The second-order valence-electron chi connectivity index (χ2n) is 5.68. The molecule has 1 saturated carbocycles. The summed E-state index contributed by atoms with van der Waals surface area (Å²) in [5, 5.41) is 0.363. The normalized spacial score (nSPS) is 23.2. The molecule has 1 aliphatic carbocycles. The van der Waals surface area contributed by atoms with Crippen LogP contribution < -0.4 is 10.5 Å². The summed E-state index contributed by atoms with van der Waals surface area (Å²) < 4.78 is 27.5. The van der Waals surface area contributed by atoms with Gasteiger partial charge in [0.05, 0.1) is 10.7 Å². The predicted octanol–water partition coefficient (Wildman–Crippen LogP) is 3.68. The molecule has 7 heteroatoms. The molecule has 3 N–H and O–H groups in total. The molecule has 1 aliphatic rings. The fourth-order valence-electron chi connectivity index (χ4n) is 2.85. The van der Waals surface area contributed by atoms with Gasteiger partial charge >= 0.3 is 0 Å². The third-order valence-electron chi connectivity index (χ3n) is 4.13. The van der Waals surface area contributed by atoms with E-state index in [0.717, 1.165) is 19.3 Å². The lowest BCUT2D eigenvalue weighted by Crippen LogP contribution is -2.33. The standard InChI is InChI=1S/C14H20Cl2N2O2S/c1-9-4-2-3-5-10(9)8-18-21(19,20)14-12(16)6-11(15)7-13(14)17/h6-7,9-10,18H,2-5,8,17H2,1H3. The van der Waals surface area contributed by atoms with Crippen molar-refractivity contribution in [2.45, 2.75) is 37.5 Å². The Labute approximate surface area is 136 Å². The van der Waals surface area contributed by atoms with Gasteiger partial charge in [0.2, 0.25) is 10.0 Å². The van der Waals surface area contributed by atoms with E-state index in [1.807, 2.05) is 0 Å². The minimum atomic E-state index is -3.73. The summed E-state index contributed by atoms with van der Waals surface area (Å²) in [5.41, 5.74) is 5.82. The van der Waals surface area contributed by atoms with E-state index >= 15 is 0 Å². The zero-order valence-electron chi connectivity index (χ0n) is 11.9. The minimum absolute atomic E-state index is 0.0455. The average Bonchev–Trinajstić information content (AvgIpc) is 2.36. The Morgan fingerprint density at radius 1 is 1.29 bits per heavy atom. The Morgan fingerprint density at radius 3 is 2.57 bits per heavy atom. The van der Waals surface area contributed by atoms with Crippen LogP contribution in [-0.2, 0) is 10.0 Å². The van der Waals surface area contributed by atoms with Crippen LogP contribution in [0.15, 0.2) is 17.0 Å². The molecule has 4 nitrogen and oxygen atoms in total. The summed E-state index contributed by atoms with van der Waals surface area (Å²) in [6.45, 7) is 2.59. The fourth-order valence-corrected chi connectivity index (χ4v) is 4.93. The smallest absolute Gasteiger partial charge is 0.244 e. The van der Waals surface area contributed by atoms with Crippen molar-refractivity contribution < 1.29 is 8.42 Å². The van der Waals surface area contributed by atoms with Crippen LogP contribution in [0.3, 0.4) is 0 Å². The molecule has 1 aromatic rings. The average molecular weight is 351 g/mol. The predicted molar refractivity (Wildman–Crippen MR) is 87.2 cm³/mol. The van der Waals surface area contributed by atoms with Crippen molar-refractivity contribution in [3.63, 3.8) is 0 Å². The third-order valence-corrected chi connectivity index (χ3v) is 6.30.